The zero-order valence-corrected chi connectivity index (χ0v) is 17.6. The van der Waals surface area contributed by atoms with Gasteiger partial charge in [-0.25, -0.2) is 13.1 Å². The normalized spacial score (nSPS) is 17.2. The van der Waals surface area contributed by atoms with Crippen molar-refractivity contribution in [1.29, 1.82) is 0 Å². The van der Waals surface area contributed by atoms with Crippen LogP contribution in [0, 0.1) is 0 Å². The molecule has 0 bridgehead atoms. The minimum absolute atomic E-state index is 0.0423. The third-order valence-corrected chi connectivity index (χ3v) is 7.07. The summed E-state index contributed by atoms with van der Waals surface area (Å²) in [4.78, 5) is 15.0. The molecule has 0 unspecified atom stereocenters. The summed E-state index contributed by atoms with van der Waals surface area (Å²) < 4.78 is 27.1. The van der Waals surface area contributed by atoms with Crippen LogP contribution in [0.25, 0.3) is 0 Å². The number of hydrogen-bond acceptors (Lipinski definition) is 4. The van der Waals surface area contributed by atoms with Gasteiger partial charge in [0.1, 0.15) is 0 Å². The fourth-order valence-corrected chi connectivity index (χ4v) is 5.06. The molecule has 8 heteroatoms. The van der Waals surface area contributed by atoms with Gasteiger partial charge in [-0.15, -0.1) is 0 Å². The number of piperidine rings is 1. The summed E-state index contributed by atoms with van der Waals surface area (Å²) in [6.45, 7) is 1.99. The van der Waals surface area contributed by atoms with Crippen molar-refractivity contribution in [3.8, 4) is 0 Å². The number of sulfonamides is 1. The highest BCUT2D eigenvalue weighted by atomic mass is 35.5. The number of nitrogens with zero attached hydrogens (tertiary/aromatic N) is 1. The Morgan fingerprint density at radius 3 is 2.31 bits per heavy atom. The van der Waals surface area contributed by atoms with Gasteiger partial charge in [-0.2, -0.15) is 0 Å². The maximum Gasteiger partial charge on any atom is 0.255 e. The lowest BCUT2D eigenvalue weighted by Gasteiger charge is -2.29. The van der Waals surface area contributed by atoms with Crippen molar-refractivity contribution in [3.63, 3.8) is 0 Å². The molecule has 0 aromatic heterocycles. The number of benzene rings is 2. The van der Waals surface area contributed by atoms with E-state index in [4.69, 9.17) is 11.6 Å². The van der Waals surface area contributed by atoms with Crippen molar-refractivity contribution < 1.29 is 13.2 Å². The molecule has 1 amide bonds. The van der Waals surface area contributed by atoms with E-state index in [9.17, 15) is 13.2 Å². The van der Waals surface area contributed by atoms with Gasteiger partial charge in [0.15, 0.2) is 0 Å². The lowest BCUT2D eigenvalue weighted by Crippen LogP contribution is -2.29. The first kappa shape index (κ1) is 20.2. The van der Waals surface area contributed by atoms with Crippen molar-refractivity contribution in [2.45, 2.75) is 43.0 Å². The first-order chi connectivity index (χ1) is 13.9. The highest BCUT2D eigenvalue weighted by Gasteiger charge is 2.28. The third kappa shape index (κ3) is 4.91. The van der Waals surface area contributed by atoms with E-state index in [1.54, 1.807) is 6.07 Å². The van der Waals surface area contributed by atoms with Crippen molar-refractivity contribution in [1.82, 2.24) is 4.72 Å². The summed E-state index contributed by atoms with van der Waals surface area (Å²) in [7, 11) is -3.52. The molecule has 0 atom stereocenters. The number of rotatable bonds is 6. The summed E-state index contributed by atoms with van der Waals surface area (Å²) in [5.41, 5.74) is 1.97. The zero-order valence-electron chi connectivity index (χ0n) is 16.0. The summed E-state index contributed by atoms with van der Waals surface area (Å²) in [5, 5.41) is 3.43. The highest BCUT2D eigenvalue weighted by Crippen LogP contribution is 2.31. The Labute approximate surface area is 176 Å². The van der Waals surface area contributed by atoms with Crippen LogP contribution in [0.15, 0.2) is 47.4 Å². The van der Waals surface area contributed by atoms with Crippen LogP contribution in [0.5, 0.6) is 0 Å². The van der Waals surface area contributed by atoms with E-state index in [1.807, 2.05) is 12.1 Å². The minimum Gasteiger partial charge on any atom is -0.370 e. The van der Waals surface area contributed by atoms with Crippen LogP contribution in [0.2, 0.25) is 5.02 Å². The van der Waals surface area contributed by atoms with Gasteiger partial charge in [0, 0.05) is 30.4 Å². The summed E-state index contributed by atoms with van der Waals surface area (Å²) in [6.07, 6.45) is 5.32. The molecule has 1 aliphatic heterocycles. The smallest absolute Gasteiger partial charge is 0.255 e. The molecule has 1 saturated heterocycles. The van der Waals surface area contributed by atoms with Crippen molar-refractivity contribution in [2.75, 3.05) is 23.3 Å². The predicted molar refractivity (Wildman–Crippen MR) is 115 cm³/mol. The molecule has 1 saturated carbocycles. The van der Waals surface area contributed by atoms with Crippen LogP contribution in [-0.2, 0) is 10.0 Å². The Morgan fingerprint density at radius 2 is 1.69 bits per heavy atom. The van der Waals surface area contributed by atoms with Gasteiger partial charge in [0.2, 0.25) is 10.0 Å². The second-order valence-electron chi connectivity index (χ2n) is 7.59. The molecule has 6 nitrogen and oxygen atoms in total. The second-order valence-corrected chi connectivity index (χ2v) is 9.71. The van der Waals surface area contributed by atoms with E-state index >= 15 is 0 Å². The minimum atomic E-state index is -3.52. The lowest BCUT2D eigenvalue weighted by molar-refractivity contribution is 0.102. The van der Waals surface area contributed by atoms with Crippen LogP contribution < -0.4 is 14.9 Å². The summed E-state index contributed by atoms with van der Waals surface area (Å²) in [6, 6.07) is 11.5. The summed E-state index contributed by atoms with van der Waals surface area (Å²) >= 11 is 6.44. The summed E-state index contributed by atoms with van der Waals surface area (Å²) in [5.74, 6) is -0.314. The van der Waals surface area contributed by atoms with E-state index in [0.717, 1.165) is 44.5 Å². The van der Waals surface area contributed by atoms with Crippen molar-refractivity contribution in [2.24, 2.45) is 0 Å². The third-order valence-electron chi connectivity index (χ3n) is 5.23. The number of nitrogens with one attached hydrogen (secondary N) is 2. The number of anilines is 2. The van der Waals surface area contributed by atoms with Crippen molar-refractivity contribution >= 4 is 38.9 Å². The molecule has 2 fully saturated rings. The molecule has 1 aliphatic carbocycles. The average Bonchev–Trinajstić information content (AvgIpc) is 3.52. The standard InChI is InChI=1S/C21H24ClN3O3S/c22-19-14-17(8-11-20(19)25-12-2-1-3-13-25)23-21(26)15-4-9-18(10-5-15)29(27,28)24-16-6-7-16/h4-5,8-11,14,16,24H,1-3,6-7,12-13H2,(H,23,26). The average molecular weight is 434 g/mol. The van der Waals surface area contributed by atoms with Crippen LogP contribution in [-0.4, -0.2) is 33.5 Å². The molecule has 2 aromatic rings. The Kier molecular flexibility index (Phi) is 5.81. The van der Waals surface area contributed by atoms with E-state index in [2.05, 4.69) is 14.9 Å². The van der Waals surface area contributed by atoms with Crippen LogP contribution >= 0.6 is 11.6 Å². The molecular formula is C21H24ClN3O3S. The van der Waals surface area contributed by atoms with E-state index in [-0.39, 0.29) is 16.8 Å². The topological polar surface area (TPSA) is 78.5 Å². The first-order valence-electron chi connectivity index (χ1n) is 9.91. The Balaban J connectivity index is 1.43. The Bertz CT molecular complexity index is 998. The number of halogens is 1. The monoisotopic (exact) mass is 433 g/mol. The van der Waals surface area contributed by atoms with Gasteiger partial charge in [0.05, 0.1) is 15.6 Å². The van der Waals surface area contributed by atoms with Gasteiger partial charge < -0.3 is 10.2 Å². The molecule has 0 spiro atoms. The van der Waals surface area contributed by atoms with E-state index in [0.29, 0.717) is 16.3 Å². The molecule has 2 aromatic carbocycles. The second kappa shape index (κ2) is 8.34. The predicted octanol–water partition coefficient (Wildman–Crippen LogP) is 4.02. The quantitative estimate of drug-likeness (QED) is 0.721. The molecule has 2 aliphatic rings. The maximum absolute atomic E-state index is 12.5. The molecule has 1 heterocycles. The SMILES string of the molecule is O=C(Nc1ccc(N2CCCCC2)c(Cl)c1)c1ccc(S(=O)(=O)NC2CC2)cc1. The Morgan fingerprint density at radius 1 is 1.00 bits per heavy atom. The number of carbonyl (C=O) groups excluding carboxylic acids is 1. The number of hydrogen-bond donors (Lipinski definition) is 2. The van der Waals surface area contributed by atoms with E-state index < -0.39 is 10.0 Å². The van der Waals surface area contributed by atoms with Gasteiger partial charge in [-0.1, -0.05) is 11.6 Å². The molecule has 0 radical (unpaired) electrons. The van der Waals surface area contributed by atoms with E-state index in [1.165, 1.54) is 30.7 Å². The fourth-order valence-electron chi connectivity index (χ4n) is 3.45. The largest absolute Gasteiger partial charge is 0.370 e. The molecule has 29 heavy (non-hydrogen) atoms. The molecule has 2 N–H and O–H groups in total. The fraction of sp³-hybridized carbons (Fsp3) is 0.381. The zero-order chi connectivity index (χ0) is 20.4. The van der Waals surface area contributed by atoms with Crippen molar-refractivity contribution in [3.05, 3.63) is 53.1 Å². The lowest BCUT2D eigenvalue weighted by atomic mass is 10.1. The van der Waals surface area contributed by atoms with Gasteiger partial charge in [0.25, 0.3) is 5.91 Å². The van der Waals surface area contributed by atoms with Crippen LogP contribution in [0.4, 0.5) is 11.4 Å². The van der Waals surface area contributed by atoms with Crippen LogP contribution in [0.1, 0.15) is 42.5 Å². The Hall–Kier alpha value is -2.09. The first-order valence-corrected chi connectivity index (χ1v) is 11.8. The number of amides is 1. The van der Waals surface area contributed by atoms with Crippen LogP contribution in [0.3, 0.4) is 0 Å². The molecule has 4 rings (SSSR count). The van der Waals surface area contributed by atoms with Gasteiger partial charge >= 0.3 is 0 Å². The van der Waals surface area contributed by atoms with Gasteiger partial charge in [-0.05, 0) is 74.6 Å². The highest BCUT2D eigenvalue weighted by molar-refractivity contribution is 7.89. The molecular weight excluding hydrogens is 410 g/mol. The number of carbonyl (C=O) groups is 1. The molecule has 154 valence electrons. The maximum atomic E-state index is 12.5. The van der Waals surface area contributed by atoms with Gasteiger partial charge in [-0.3, -0.25) is 4.79 Å².